The maximum absolute atomic E-state index is 6.04. The third kappa shape index (κ3) is 1.57. The number of hydrogen-bond acceptors (Lipinski definition) is 5. The van der Waals surface area contributed by atoms with E-state index in [1.165, 1.54) is 6.33 Å². The van der Waals surface area contributed by atoms with Gasteiger partial charge in [-0.2, -0.15) is 0 Å². The zero-order valence-corrected chi connectivity index (χ0v) is 10.1. The fraction of sp³-hybridized carbons (Fsp3) is 0.444. The fourth-order valence-electron chi connectivity index (χ4n) is 1.72. The lowest BCUT2D eigenvalue weighted by Crippen LogP contribution is -2.10. The monoisotopic (exact) mass is 256 g/mol. The van der Waals surface area contributed by atoms with Crippen molar-refractivity contribution in [3.05, 3.63) is 17.8 Å². The first kappa shape index (κ1) is 10.3. The van der Waals surface area contributed by atoms with Gasteiger partial charge in [0.15, 0.2) is 10.8 Å². The Morgan fingerprint density at radius 1 is 1.50 bits per heavy atom. The molecule has 3 rings (SSSR count). The van der Waals surface area contributed by atoms with Crippen LogP contribution in [0.2, 0.25) is 5.15 Å². The predicted molar refractivity (Wildman–Crippen MR) is 62.4 cm³/mol. The molecule has 7 heteroatoms. The van der Waals surface area contributed by atoms with Gasteiger partial charge in [0.05, 0.1) is 6.33 Å². The Balaban J connectivity index is 2.10. The Labute approximate surface area is 101 Å². The molecule has 0 spiro atoms. The summed E-state index contributed by atoms with van der Waals surface area (Å²) in [5, 5.41) is 0.413. The smallest absolute Gasteiger partial charge is 0.182 e. The van der Waals surface area contributed by atoms with Gasteiger partial charge in [0.2, 0.25) is 0 Å². The maximum atomic E-state index is 6.04. The van der Waals surface area contributed by atoms with Gasteiger partial charge in [-0.15, -0.1) is 11.8 Å². The van der Waals surface area contributed by atoms with Crippen molar-refractivity contribution in [3.8, 4) is 0 Å². The van der Waals surface area contributed by atoms with Crippen LogP contribution in [0.1, 0.15) is 13.2 Å². The standard InChI is InChI=1S/C9H9ClN4OS/c1-5-15-6(2-16-5)14-4-13-9-7(14)8(10)11-3-12-9/h3-6H,2H2,1H3/t5-,6?/m0/s1. The number of hydrogen-bond donors (Lipinski definition) is 0. The molecule has 1 aliphatic heterocycles. The molecule has 84 valence electrons. The lowest BCUT2D eigenvalue weighted by atomic mass is 10.5. The van der Waals surface area contributed by atoms with Gasteiger partial charge >= 0.3 is 0 Å². The molecule has 1 fully saturated rings. The third-order valence-corrected chi connectivity index (χ3v) is 3.79. The lowest BCUT2D eigenvalue weighted by molar-refractivity contribution is 0.0296. The lowest BCUT2D eigenvalue weighted by Gasteiger charge is -2.12. The highest BCUT2D eigenvalue weighted by atomic mass is 35.5. The van der Waals surface area contributed by atoms with Crippen molar-refractivity contribution >= 4 is 34.5 Å². The highest BCUT2D eigenvalue weighted by Gasteiger charge is 2.26. The molecule has 2 atom stereocenters. The number of aromatic nitrogens is 4. The molecule has 16 heavy (non-hydrogen) atoms. The van der Waals surface area contributed by atoms with Crippen molar-refractivity contribution in [1.82, 2.24) is 19.5 Å². The normalized spacial score (nSPS) is 25.4. The van der Waals surface area contributed by atoms with Crippen LogP contribution in [0.3, 0.4) is 0 Å². The number of fused-ring (bicyclic) bond motifs is 1. The summed E-state index contributed by atoms with van der Waals surface area (Å²) >= 11 is 7.81. The summed E-state index contributed by atoms with van der Waals surface area (Å²) in [6.07, 6.45) is 3.08. The van der Waals surface area contributed by atoms with E-state index in [9.17, 15) is 0 Å². The van der Waals surface area contributed by atoms with Gasteiger partial charge in [0.1, 0.15) is 23.5 Å². The first-order valence-corrected chi connectivity index (χ1v) is 6.28. The highest BCUT2D eigenvalue weighted by molar-refractivity contribution is 7.99. The summed E-state index contributed by atoms with van der Waals surface area (Å²) in [7, 11) is 0. The summed E-state index contributed by atoms with van der Waals surface area (Å²) in [5.74, 6) is 0.887. The van der Waals surface area contributed by atoms with Crippen LogP contribution in [-0.2, 0) is 4.74 Å². The summed E-state index contributed by atoms with van der Waals surface area (Å²) in [6.45, 7) is 2.03. The van der Waals surface area contributed by atoms with Crippen molar-refractivity contribution in [2.24, 2.45) is 0 Å². The Kier molecular flexibility index (Phi) is 2.49. The SMILES string of the molecule is C[C@H]1OC(n2cnc3ncnc(Cl)c32)CS1. The molecule has 5 nitrogen and oxygen atoms in total. The number of rotatable bonds is 1. The fourth-order valence-corrected chi connectivity index (χ4v) is 2.83. The molecule has 0 aliphatic carbocycles. The molecule has 0 aromatic carbocycles. The Hall–Kier alpha value is -0.850. The maximum Gasteiger partial charge on any atom is 0.182 e. The van der Waals surface area contributed by atoms with Crippen LogP contribution in [0, 0.1) is 0 Å². The largest absolute Gasteiger partial charge is 0.344 e. The molecule has 3 heterocycles. The molecule has 2 aromatic rings. The number of halogens is 1. The van der Waals surface area contributed by atoms with E-state index in [4.69, 9.17) is 16.3 Å². The molecule has 1 unspecified atom stereocenters. The molecule has 1 aliphatic rings. The number of thioether (sulfide) groups is 1. The van der Waals surface area contributed by atoms with E-state index in [1.807, 2.05) is 11.5 Å². The molecular formula is C9H9ClN4OS. The minimum absolute atomic E-state index is 0.0338. The van der Waals surface area contributed by atoms with Crippen molar-refractivity contribution in [2.45, 2.75) is 18.6 Å². The zero-order chi connectivity index (χ0) is 11.1. The molecule has 0 bridgehead atoms. The summed E-state index contributed by atoms with van der Waals surface area (Å²) in [5.41, 5.74) is 1.54. The number of ether oxygens (including phenoxy) is 1. The van der Waals surface area contributed by atoms with Crippen LogP contribution in [0.4, 0.5) is 0 Å². The van der Waals surface area contributed by atoms with Gasteiger partial charge in [0, 0.05) is 5.75 Å². The predicted octanol–water partition coefficient (Wildman–Crippen LogP) is 2.09. The van der Waals surface area contributed by atoms with Crippen LogP contribution in [0.15, 0.2) is 12.7 Å². The molecule has 2 aromatic heterocycles. The van der Waals surface area contributed by atoms with Gasteiger partial charge in [-0.3, -0.25) is 4.57 Å². The van der Waals surface area contributed by atoms with Crippen LogP contribution in [0.5, 0.6) is 0 Å². The first-order valence-electron chi connectivity index (χ1n) is 4.86. The topological polar surface area (TPSA) is 52.8 Å². The van der Waals surface area contributed by atoms with Crippen LogP contribution in [0.25, 0.3) is 11.2 Å². The second-order valence-electron chi connectivity index (χ2n) is 3.48. The van der Waals surface area contributed by atoms with Crippen LogP contribution >= 0.6 is 23.4 Å². The van der Waals surface area contributed by atoms with Gasteiger partial charge in [-0.05, 0) is 6.92 Å². The molecule has 0 saturated carbocycles. The second kappa shape index (κ2) is 3.87. The summed E-state index contributed by atoms with van der Waals surface area (Å²) < 4.78 is 7.64. The van der Waals surface area contributed by atoms with Crippen molar-refractivity contribution in [1.29, 1.82) is 0 Å². The van der Waals surface area contributed by atoms with Gasteiger partial charge < -0.3 is 4.74 Å². The second-order valence-corrected chi connectivity index (χ2v) is 5.17. The van der Waals surface area contributed by atoms with Crippen LogP contribution < -0.4 is 0 Å². The Morgan fingerprint density at radius 3 is 3.12 bits per heavy atom. The van der Waals surface area contributed by atoms with E-state index in [0.29, 0.717) is 10.8 Å². The minimum atomic E-state index is -0.0338. The Bertz CT molecular complexity index is 531. The van der Waals surface area contributed by atoms with Crippen LogP contribution in [-0.4, -0.2) is 30.7 Å². The van der Waals surface area contributed by atoms with Crippen molar-refractivity contribution in [3.63, 3.8) is 0 Å². The average Bonchev–Trinajstić information content (AvgIpc) is 2.84. The van der Waals surface area contributed by atoms with Gasteiger partial charge in [-0.25, -0.2) is 15.0 Å². The van der Waals surface area contributed by atoms with E-state index >= 15 is 0 Å². The molecule has 0 radical (unpaired) electrons. The average molecular weight is 257 g/mol. The van der Waals surface area contributed by atoms with Gasteiger partial charge in [0.25, 0.3) is 0 Å². The van der Waals surface area contributed by atoms with E-state index < -0.39 is 0 Å². The quantitative estimate of drug-likeness (QED) is 0.732. The summed E-state index contributed by atoms with van der Waals surface area (Å²) in [6, 6.07) is 0. The van der Waals surface area contributed by atoms with E-state index in [-0.39, 0.29) is 11.7 Å². The van der Waals surface area contributed by atoms with Crippen molar-refractivity contribution in [2.75, 3.05) is 5.75 Å². The number of nitrogens with zero attached hydrogens (tertiary/aromatic N) is 4. The molecule has 1 saturated heterocycles. The molecular weight excluding hydrogens is 248 g/mol. The summed E-state index contributed by atoms with van der Waals surface area (Å²) in [4.78, 5) is 12.2. The third-order valence-electron chi connectivity index (χ3n) is 2.45. The van der Waals surface area contributed by atoms with Crippen molar-refractivity contribution < 1.29 is 4.74 Å². The van der Waals surface area contributed by atoms with E-state index in [1.54, 1.807) is 18.1 Å². The van der Waals surface area contributed by atoms with Gasteiger partial charge in [-0.1, -0.05) is 11.6 Å². The van der Waals surface area contributed by atoms with E-state index in [2.05, 4.69) is 15.0 Å². The Morgan fingerprint density at radius 2 is 2.38 bits per heavy atom. The molecule has 0 amide bonds. The number of imidazole rings is 1. The zero-order valence-electron chi connectivity index (χ0n) is 8.50. The molecule has 0 N–H and O–H groups in total. The van der Waals surface area contributed by atoms with E-state index in [0.717, 1.165) is 11.3 Å². The first-order chi connectivity index (χ1) is 7.75. The highest BCUT2D eigenvalue weighted by Crippen LogP contribution is 2.33. The minimum Gasteiger partial charge on any atom is -0.344 e.